The lowest BCUT2D eigenvalue weighted by molar-refractivity contribution is -0.665. The van der Waals surface area contributed by atoms with E-state index in [1.54, 1.807) is 0 Å². The first-order valence-electron chi connectivity index (χ1n) is 11.3. The Morgan fingerprint density at radius 2 is 1.60 bits per heavy atom. The third-order valence-electron chi connectivity index (χ3n) is 7.57. The summed E-state index contributed by atoms with van der Waals surface area (Å²) in [6.45, 7) is 12.9. The number of rotatable bonds is 2. The van der Waals surface area contributed by atoms with E-state index in [4.69, 9.17) is 0 Å². The van der Waals surface area contributed by atoms with Gasteiger partial charge in [0.15, 0.2) is 5.69 Å². The van der Waals surface area contributed by atoms with E-state index in [2.05, 4.69) is 63.6 Å². The summed E-state index contributed by atoms with van der Waals surface area (Å²) in [6, 6.07) is 11.1. The Morgan fingerprint density at radius 1 is 0.933 bits per heavy atom. The summed E-state index contributed by atoms with van der Waals surface area (Å²) < 4.78 is 17.5. The van der Waals surface area contributed by atoms with E-state index in [1.165, 1.54) is 36.6 Å². The van der Waals surface area contributed by atoms with Gasteiger partial charge in [-0.25, -0.2) is 4.39 Å². The fraction of sp³-hybridized carbons (Fsp3) is 0.464. The van der Waals surface area contributed by atoms with Gasteiger partial charge in [-0.2, -0.15) is 4.57 Å². The Labute approximate surface area is 181 Å². The Bertz CT molecular complexity index is 1100. The molecule has 0 unspecified atom stereocenters. The van der Waals surface area contributed by atoms with Crippen LogP contribution in [0.1, 0.15) is 73.4 Å². The number of hydrogen-bond donors (Lipinski definition) is 0. The Hall–Kier alpha value is -2.22. The molecular formula is C28H35FN+. The maximum atomic E-state index is 15.4. The van der Waals surface area contributed by atoms with Crippen molar-refractivity contribution in [3.05, 3.63) is 64.1 Å². The van der Waals surface area contributed by atoms with Crippen LogP contribution < -0.4 is 4.57 Å². The SMILES string of the molecule is Cc1cc(C)c(F)c(-c2c3ccc(C4CCC(C)(C)CC4)cc3cc(C)[n+]2C)c1C. The number of hydrogen-bond acceptors (Lipinski definition) is 0. The Kier molecular flexibility index (Phi) is 5.24. The molecule has 0 spiro atoms. The molecule has 3 aromatic rings. The maximum absolute atomic E-state index is 15.4. The molecule has 158 valence electrons. The van der Waals surface area contributed by atoms with Gasteiger partial charge in [-0.05, 0) is 91.5 Å². The molecule has 1 saturated carbocycles. The van der Waals surface area contributed by atoms with Gasteiger partial charge in [0, 0.05) is 13.0 Å². The molecular weight excluding hydrogens is 369 g/mol. The van der Waals surface area contributed by atoms with Crippen molar-refractivity contribution in [2.45, 2.75) is 73.1 Å². The number of nitrogens with zero attached hydrogens (tertiary/aromatic N) is 1. The van der Waals surface area contributed by atoms with Crippen molar-refractivity contribution in [2.24, 2.45) is 12.5 Å². The van der Waals surface area contributed by atoms with Crippen LogP contribution in [0.4, 0.5) is 4.39 Å². The van der Waals surface area contributed by atoms with E-state index in [1.807, 2.05) is 19.9 Å². The van der Waals surface area contributed by atoms with Crippen LogP contribution in [0.2, 0.25) is 0 Å². The topological polar surface area (TPSA) is 3.88 Å². The van der Waals surface area contributed by atoms with Gasteiger partial charge < -0.3 is 0 Å². The zero-order valence-electron chi connectivity index (χ0n) is 19.6. The molecule has 4 rings (SSSR count). The van der Waals surface area contributed by atoms with Crippen molar-refractivity contribution < 1.29 is 8.96 Å². The minimum absolute atomic E-state index is 0.0980. The zero-order valence-corrected chi connectivity index (χ0v) is 19.6. The van der Waals surface area contributed by atoms with Gasteiger partial charge in [0.2, 0.25) is 5.69 Å². The Balaban J connectivity index is 1.90. The zero-order chi connectivity index (χ0) is 21.8. The first-order chi connectivity index (χ1) is 14.1. The summed E-state index contributed by atoms with van der Waals surface area (Å²) in [4.78, 5) is 0. The highest BCUT2D eigenvalue weighted by Crippen LogP contribution is 2.43. The molecule has 0 amide bonds. The molecule has 1 aliphatic carbocycles. The maximum Gasteiger partial charge on any atom is 0.223 e. The molecule has 1 nitrogen and oxygen atoms in total. The predicted octanol–water partition coefficient (Wildman–Crippen LogP) is 7.39. The fourth-order valence-corrected chi connectivity index (χ4v) is 5.22. The largest absolute Gasteiger partial charge is 0.223 e. The summed E-state index contributed by atoms with van der Waals surface area (Å²) >= 11 is 0. The molecule has 0 saturated heterocycles. The number of benzene rings is 2. The number of fused-ring (bicyclic) bond motifs is 1. The van der Waals surface area contributed by atoms with Crippen LogP contribution in [-0.2, 0) is 7.05 Å². The van der Waals surface area contributed by atoms with Crippen molar-refractivity contribution in [3.8, 4) is 11.3 Å². The lowest BCUT2D eigenvalue weighted by Gasteiger charge is -2.34. The fourth-order valence-electron chi connectivity index (χ4n) is 5.22. The first kappa shape index (κ1) is 21.0. The number of aromatic nitrogens is 1. The molecule has 0 aliphatic heterocycles. The first-order valence-corrected chi connectivity index (χ1v) is 11.3. The van der Waals surface area contributed by atoms with Crippen LogP contribution in [0, 0.1) is 38.9 Å². The van der Waals surface area contributed by atoms with Crippen LogP contribution in [0.25, 0.3) is 22.0 Å². The molecule has 1 aliphatic rings. The molecule has 0 radical (unpaired) electrons. The van der Waals surface area contributed by atoms with E-state index in [-0.39, 0.29) is 5.82 Å². The quantitative estimate of drug-likeness (QED) is 0.392. The second-order valence-corrected chi connectivity index (χ2v) is 10.3. The van der Waals surface area contributed by atoms with Crippen LogP contribution in [0.15, 0.2) is 30.3 Å². The monoisotopic (exact) mass is 404 g/mol. The van der Waals surface area contributed by atoms with Gasteiger partial charge in [0.1, 0.15) is 12.9 Å². The van der Waals surface area contributed by atoms with Crippen molar-refractivity contribution in [2.75, 3.05) is 0 Å². The number of pyridine rings is 1. The third-order valence-corrected chi connectivity index (χ3v) is 7.57. The second kappa shape index (κ2) is 7.48. The molecule has 0 N–H and O–H groups in total. The van der Waals surface area contributed by atoms with E-state index in [9.17, 15) is 0 Å². The van der Waals surface area contributed by atoms with Gasteiger partial charge in [-0.1, -0.05) is 32.0 Å². The molecule has 1 aromatic heterocycles. The van der Waals surface area contributed by atoms with Crippen molar-refractivity contribution in [1.82, 2.24) is 0 Å². The van der Waals surface area contributed by atoms with Crippen LogP contribution in [0.5, 0.6) is 0 Å². The molecule has 1 heterocycles. The van der Waals surface area contributed by atoms with Gasteiger partial charge >= 0.3 is 0 Å². The summed E-state index contributed by atoms with van der Waals surface area (Å²) in [6.07, 6.45) is 5.10. The van der Waals surface area contributed by atoms with Gasteiger partial charge in [0.05, 0.1) is 10.9 Å². The summed E-state index contributed by atoms with van der Waals surface area (Å²) in [7, 11) is 2.05. The average Bonchev–Trinajstić information content (AvgIpc) is 2.69. The van der Waals surface area contributed by atoms with Gasteiger partial charge in [-0.3, -0.25) is 0 Å². The lowest BCUT2D eigenvalue weighted by Crippen LogP contribution is -2.35. The number of aryl methyl sites for hydroxylation is 3. The summed E-state index contributed by atoms with van der Waals surface area (Å²) in [5.41, 5.74) is 7.68. The van der Waals surface area contributed by atoms with Crippen molar-refractivity contribution in [1.29, 1.82) is 0 Å². The highest BCUT2D eigenvalue weighted by molar-refractivity contribution is 5.94. The molecule has 2 heteroatoms. The Morgan fingerprint density at radius 3 is 2.27 bits per heavy atom. The normalized spacial score (nSPS) is 16.9. The van der Waals surface area contributed by atoms with E-state index in [0.717, 1.165) is 33.5 Å². The summed E-state index contributed by atoms with van der Waals surface area (Å²) in [5, 5.41) is 2.36. The highest BCUT2D eigenvalue weighted by atomic mass is 19.1. The van der Waals surface area contributed by atoms with Crippen LogP contribution >= 0.6 is 0 Å². The van der Waals surface area contributed by atoms with Gasteiger partial charge in [0.25, 0.3) is 0 Å². The minimum Gasteiger partial charge on any atom is -0.206 e. The van der Waals surface area contributed by atoms with Crippen molar-refractivity contribution in [3.63, 3.8) is 0 Å². The number of halogens is 1. The van der Waals surface area contributed by atoms with Gasteiger partial charge in [-0.15, -0.1) is 0 Å². The van der Waals surface area contributed by atoms with Crippen LogP contribution in [0.3, 0.4) is 0 Å². The van der Waals surface area contributed by atoms with E-state index < -0.39 is 0 Å². The molecule has 0 atom stereocenters. The second-order valence-electron chi connectivity index (χ2n) is 10.3. The predicted molar refractivity (Wildman–Crippen MR) is 124 cm³/mol. The molecule has 0 bridgehead atoms. The third kappa shape index (κ3) is 3.55. The standard InChI is InChI=1S/C28H35FN/c1-17-14-18(2)26(29)25(20(17)4)27-24-9-8-22(16-23(24)15-19(3)30(27)7)21-10-12-28(5,6)13-11-21/h8-9,14-16,21H,10-13H2,1-7H3/q+1. The van der Waals surface area contributed by atoms with Crippen LogP contribution in [-0.4, -0.2) is 0 Å². The smallest absolute Gasteiger partial charge is 0.206 e. The minimum atomic E-state index is -0.0980. The highest BCUT2D eigenvalue weighted by Gasteiger charge is 2.29. The summed E-state index contributed by atoms with van der Waals surface area (Å²) in [5.74, 6) is 0.541. The lowest BCUT2D eigenvalue weighted by atomic mass is 9.71. The molecule has 2 aromatic carbocycles. The molecule has 1 fully saturated rings. The average molecular weight is 405 g/mol. The van der Waals surface area contributed by atoms with E-state index >= 15 is 4.39 Å². The molecule has 30 heavy (non-hydrogen) atoms. The van der Waals surface area contributed by atoms with E-state index in [0.29, 0.717) is 16.9 Å². The van der Waals surface area contributed by atoms with Crippen molar-refractivity contribution >= 4 is 10.8 Å².